The minimum atomic E-state index is -0.0107. The van der Waals surface area contributed by atoms with E-state index in [1.807, 2.05) is 24.3 Å². The van der Waals surface area contributed by atoms with Crippen molar-refractivity contribution in [2.75, 3.05) is 5.32 Å². The number of carbonyl (C=O) groups is 1. The fraction of sp³-hybridized carbons (Fsp3) is 0.222. The third-order valence-corrected chi connectivity index (χ3v) is 3.82. The number of rotatable bonds is 6. The molecule has 0 aliphatic carbocycles. The van der Waals surface area contributed by atoms with Crippen molar-refractivity contribution in [2.45, 2.75) is 26.2 Å². The number of nitrogens with zero attached hydrogens (tertiary/aromatic N) is 4. The number of amides is 1. The molecule has 1 heterocycles. The Hall–Kier alpha value is -3.02. The first kappa shape index (κ1) is 15.9. The maximum Gasteiger partial charge on any atom is 0.224 e. The minimum absolute atomic E-state index is 0.0107. The van der Waals surface area contributed by atoms with Crippen molar-refractivity contribution in [1.82, 2.24) is 20.2 Å². The first-order chi connectivity index (χ1) is 11.7. The van der Waals surface area contributed by atoms with Gasteiger partial charge in [0, 0.05) is 12.1 Å². The summed E-state index contributed by atoms with van der Waals surface area (Å²) in [6.07, 6.45) is 3.71. The molecule has 0 radical (unpaired) electrons. The first-order valence-electron chi connectivity index (χ1n) is 7.95. The van der Waals surface area contributed by atoms with Crippen LogP contribution in [0.15, 0.2) is 54.9 Å². The Morgan fingerprint density at radius 3 is 2.62 bits per heavy atom. The molecule has 0 aliphatic heterocycles. The van der Waals surface area contributed by atoms with Crippen molar-refractivity contribution in [3.05, 3.63) is 66.0 Å². The van der Waals surface area contributed by atoms with E-state index in [0.29, 0.717) is 6.42 Å². The predicted molar refractivity (Wildman–Crippen MR) is 91.9 cm³/mol. The van der Waals surface area contributed by atoms with Gasteiger partial charge < -0.3 is 5.32 Å². The van der Waals surface area contributed by atoms with Crippen LogP contribution >= 0.6 is 0 Å². The van der Waals surface area contributed by atoms with Crippen LogP contribution < -0.4 is 5.32 Å². The quantitative estimate of drug-likeness (QED) is 0.758. The van der Waals surface area contributed by atoms with Crippen molar-refractivity contribution in [3.63, 3.8) is 0 Å². The number of aryl methyl sites for hydroxylation is 2. The molecular formula is C18H19N5O. The highest BCUT2D eigenvalue weighted by atomic mass is 16.1. The van der Waals surface area contributed by atoms with E-state index in [9.17, 15) is 4.79 Å². The third-order valence-electron chi connectivity index (χ3n) is 3.82. The van der Waals surface area contributed by atoms with Crippen molar-refractivity contribution >= 4 is 11.6 Å². The molecular weight excluding hydrogens is 302 g/mol. The SMILES string of the molecule is CCc1ccc(CCC(=O)Nc2cccc(-n3cnnn3)c2)cc1. The molecule has 6 nitrogen and oxygen atoms in total. The highest BCUT2D eigenvalue weighted by molar-refractivity contribution is 5.91. The minimum Gasteiger partial charge on any atom is -0.326 e. The number of nitrogens with one attached hydrogen (secondary N) is 1. The Kier molecular flexibility index (Phi) is 4.96. The van der Waals surface area contributed by atoms with Gasteiger partial charge in [-0.3, -0.25) is 4.79 Å². The summed E-state index contributed by atoms with van der Waals surface area (Å²) in [5.41, 5.74) is 4.01. The van der Waals surface area contributed by atoms with E-state index >= 15 is 0 Å². The number of benzene rings is 2. The average Bonchev–Trinajstić information content (AvgIpc) is 3.15. The van der Waals surface area contributed by atoms with Gasteiger partial charge in [0.25, 0.3) is 0 Å². The van der Waals surface area contributed by atoms with Gasteiger partial charge in [0.1, 0.15) is 6.33 Å². The second kappa shape index (κ2) is 7.50. The molecule has 0 fully saturated rings. The molecule has 0 aliphatic rings. The van der Waals surface area contributed by atoms with Crippen LogP contribution in [0.4, 0.5) is 5.69 Å². The second-order valence-electron chi connectivity index (χ2n) is 5.52. The molecule has 0 bridgehead atoms. The van der Waals surface area contributed by atoms with Crippen LogP contribution in [0.2, 0.25) is 0 Å². The number of hydrogen-bond donors (Lipinski definition) is 1. The summed E-state index contributed by atoms with van der Waals surface area (Å²) in [5.74, 6) is -0.0107. The standard InChI is InChI=1S/C18H19N5O/c1-2-14-6-8-15(9-7-14)10-11-18(24)20-16-4-3-5-17(12-16)23-13-19-21-22-23/h3-9,12-13H,2,10-11H2,1H3,(H,20,24). The van der Waals surface area contributed by atoms with E-state index in [2.05, 4.69) is 52.0 Å². The average molecular weight is 321 g/mol. The van der Waals surface area contributed by atoms with Crippen molar-refractivity contribution in [1.29, 1.82) is 0 Å². The molecule has 2 aromatic carbocycles. The van der Waals surface area contributed by atoms with Gasteiger partial charge in [0.15, 0.2) is 0 Å². The summed E-state index contributed by atoms with van der Waals surface area (Å²) < 4.78 is 1.55. The van der Waals surface area contributed by atoms with E-state index < -0.39 is 0 Å². The summed E-state index contributed by atoms with van der Waals surface area (Å²) in [5, 5.41) is 14.0. The summed E-state index contributed by atoms with van der Waals surface area (Å²) >= 11 is 0. The molecule has 0 atom stereocenters. The van der Waals surface area contributed by atoms with Crippen LogP contribution in [-0.2, 0) is 17.6 Å². The van der Waals surface area contributed by atoms with Crippen LogP contribution in [0, 0.1) is 0 Å². The highest BCUT2D eigenvalue weighted by Crippen LogP contribution is 2.14. The first-order valence-corrected chi connectivity index (χ1v) is 7.95. The highest BCUT2D eigenvalue weighted by Gasteiger charge is 2.05. The Bertz CT molecular complexity index is 797. The zero-order chi connectivity index (χ0) is 16.8. The molecule has 24 heavy (non-hydrogen) atoms. The van der Waals surface area contributed by atoms with E-state index in [1.54, 1.807) is 4.68 Å². The topological polar surface area (TPSA) is 72.7 Å². The molecule has 0 saturated heterocycles. The Morgan fingerprint density at radius 2 is 1.92 bits per heavy atom. The lowest BCUT2D eigenvalue weighted by atomic mass is 10.1. The van der Waals surface area contributed by atoms with E-state index in [1.165, 1.54) is 17.5 Å². The van der Waals surface area contributed by atoms with E-state index in [0.717, 1.165) is 24.2 Å². The van der Waals surface area contributed by atoms with Crippen molar-refractivity contribution in [3.8, 4) is 5.69 Å². The molecule has 0 unspecified atom stereocenters. The third kappa shape index (κ3) is 4.04. The fourth-order valence-corrected chi connectivity index (χ4v) is 2.43. The van der Waals surface area contributed by atoms with Crippen LogP contribution in [0.25, 0.3) is 5.69 Å². The summed E-state index contributed by atoms with van der Waals surface area (Å²) in [6.45, 7) is 2.13. The van der Waals surface area contributed by atoms with Crippen LogP contribution in [0.5, 0.6) is 0 Å². The Balaban J connectivity index is 1.57. The van der Waals surface area contributed by atoms with E-state index in [4.69, 9.17) is 0 Å². The lowest BCUT2D eigenvalue weighted by Crippen LogP contribution is -2.12. The van der Waals surface area contributed by atoms with Gasteiger partial charge in [0.05, 0.1) is 5.69 Å². The monoisotopic (exact) mass is 321 g/mol. The zero-order valence-electron chi connectivity index (χ0n) is 13.5. The lowest BCUT2D eigenvalue weighted by molar-refractivity contribution is -0.116. The van der Waals surface area contributed by atoms with Gasteiger partial charge in [-0.25, -0.2) is 4.68 Å². The van der Waals surface area contributed by atoms with Gasteiger partial charge in [0.2, 0.25) is 5.91 Å². The molecule has 0 spiro atoms. The Morgan fingerprint density at radius 1 is 1.12 bits per heavy atom. The maximum absolute atomic E-state index is 12.1. The second-order valence-corrected chi connectivity index (χ2v) is 5.52. The summed E-state index contributed by atoms with van der Waals surface area (Å²) in [7, 11) is 0. The molecule has 122 valence electrons. The van der Waals surface area contributed by atoms with Crippen molar-refractivity contribution in [2.24, 2.45) is 0 Å². The number of aromatic nitrogens is 4. The van der Waals surface area contributed by atoms with Gasteiger partial charge in [-0.2, -0.15) is 0 Å². The number of anilines is 1. The zero-order valence-corrected chi connectivity index (χ0v) is 13.5. The largest absolute Gasteiger partial charge is 0.326 e. The van der Waals surface area contributed by atoms with Crippen molar-refractivity contribution < 1.29 is 4.79 Å². The van der Waals surface area contributed by atoms with Crippen LogP contribution in [0.3, 0.4) is 0 Å². The molecule has 1 aromatic heterocycles. The van der Waals surface area contributed by atoms with E-state index in [-0.39, 0.29) is 5.91 Å². The number of hydrogen-bond acceptors (Lipinski definition) is 4. The molecule has 3 rings (SSSR count). The molecule has 0 saturated carbocycles. The number of tetrazole rings is 1. The van der Waals surface area contributed by atoms with Gasteiger partial charge in [-0.05, 0) is 52.6 Å². The Labute approximate surface area is 140 Å². The lowest BCUT2D eigenvalue weighted by Gasteiger charge is -2.07. The summed E-state index contributed by atoms with van der Waals surface area (Å²) in [4.78, 5) is 12.1. The molecule has 1 N–H and O–H groups in total. The number of carbonyl (C=O) groups excluding carboxylic acids is 1. The fourth-order valence-electron chi connectivity index (χ4n) is 2.43. The summed E-state index contributed by atoms with van der Waals surface area (Å²) in [6, 6.07) is 15.8. The normalized spacial score (nSPS) is 10.5. The van der Waals surface area contributed by atoms with Gasteiger partial charge >= 0.3 is 0 Å². The molecule has 6 heteroatoms. The molecule has 1 amide bonds. The van der Waals surface area contributed by atoms with Crippen LogP contribution in [0.1, 0.15) is 24.5 Å². The predicted octanol–water partition coefficient (Wildman–Crippen LogP) is 2.80. The molecule has 3 aromatic rings. The van der Waals surface area contributed by atoms with Gasteiger partial charge in [-0.15, -0.1) is 5.10 Å². The maximum atomic E-state index is 12.1. The van der Waals surface area contributed by atoms with Crippen LogP contribution in [-0.4, -0.2) is 26.1 Å². The van der Waals surface area contributed by atoms with Gasteiger partial charge in [-0.1, -0.05) is 37.3 Å². The smallest absolute Gasteiger partial charge is 0.224 e.